The summed E-state index contributed by atoms with van der Waals surface area (Å²) in [5.41, 5.74) is 0.848. The van der Waals surface area contributed by atoms with E-state index >= 15 is 0 Å². The lowest BCUT2D eigenvalue weighted by molar-refractivity contribution is 0.634. The number of rotatable bonds is 2. The minimum Gasteiger partial charge on any atom is -0.354 e. The third-order valence-corrected chi connectivity index (χ3v) is 4.62. The van der Waals surface area contributed by atoms with E-state index in [2.05, 4.69) is 28.7 Å². The molecule has 1 aliphatic heterocycles. The molecule has 5 heteroatoms. The molecule has 0 saturated carbocycles. The number of anilines is 1. The molecule has 0 spiro atoms. The number of aromatic nitrogens is 2. The molecule has 0 unspecified atom stereocenters. The average Bonchev–Trinajstić information content (AvgIpc) is 2.50. The predicted molar refractivity (Wildman–Crippen MR) is 75.0 cm³/mol. The van der Waals surface area contributed by atoms with Crippen molar-refractivity contribution in [3.8, 4) is 0 Å². The third-order valence-electron chi connectivity index (χ3n) is 2.97. The summed E-state index contributed by atoms with van der Waals surface area (Å²) in [6.07, 6.45) is 4.73. The van der Waals surface area contributed by atoms with Crippen LogP contribution in [0.25, 0.3) is 0 Å². The van der Waals surface area contributed by atoms with E-state index in [0.29, 0.717) is 10.6 Å². The van der Waals surface area contributed by atoms with Gasteiger partial charge >= 0.3 is 0 Å². The molecule has 2 heterocycles. The smallest absolute Gasteiger partial charge is 0.147 e. The van der Waals surface area contributed by atoms with Gasteiger partial charge in [-0.2, -0.15) is 11.8 Å². The normalized spacial score (nSPS) is 20.1. The molecule has 94 valence electrons. The van der Waals surface area contributed by atoms with E-state index in [1.165, 1.54) is 6.42 Å². The van der Waals surface area contributed by atoms with Gasteiger partial charge in [-0.3, -0.25) is 4.98 Å². The highest BCUT2D eigenvalue weighted by Crippen LogP contribution is 2.31. The summed E-state index contributed by atoms with van der Waals surface area (Å²) in [6, 6.07) is 0. The Morgan fingerprint density at radius 3 is 3.00 bits per heavy atom. The molecule has 2 rings (SSSR count). The Balaban J connectivity index is 2.11. The van der Waals surface area contributed by atoms with Crippen LogP contribution in [0.15, 0.2) is 12.4 Å². The summed E-state index contributed by atoms with van der Waals surface area (Å²) in [5.74, 6) is 2.52. The molecule has 0 bridgehead atoms. The van der Waals surface area contributed by atoms with Crippen molar-refractivity contribution in [2.24, 2.45) is 0 Å². The maximum absolute atomic E-state index is 5.79. The van der Waals surface area contributed by atoms with Crippen molar-refractivity contribution >= 4 is 29.2 Å². The molecule has 1 aromatic heterocycles. The van der Waals surface area contributed by atoms with Gasteiger partial charge in [0.15, 0.2) is 0 Å². The fraction of sp³-hybridized carbons (Fsp3) is 0.667. The first kappa shape index (κ1) is 13.0. The number of hydrogen-bond donors (Lipinski definition) is 0. The highest BCUT2D eigenvalue weighted by Gasteiger charge is 2.24. The lowest BCUT2D eigenvalue weighted by Crippen LogP contribution is -2.28. The Bertz CT molecular complexity index is 384. The summed E-state index contributed by atoms with van der Waals surface area (Å²) in [4.78, 5) is 11.0. The molecule has 1 aromatic rings. The van der Waals surface area contributed by atoms with Crippen molar-refractivity contribution in [3.63, 3.8) is 0 Å². The number of alkyl halides is 1. The van der Waals surface area contributed by atoms with Crippen LogP contribution in [0.3, 0.4) is 0 Å². The lowest BCUT2D eigenvalue weighted by atomic mass is 10.1. The Morgan fingerprint density at radius 1 is 1.41 bits per heavy atom. The van der Waals surface area contributed by atoms with Gasteiger partial charge in [0, 0.05) is 29.8 Å². The van der Waals surface area contributed by atoms with Crippen LogP contribution >= 0.6 is 23.4 Å². The van der Waals surface area contributed by atoms with Gasteiger partial charge in [-0.1, -0.05) is 13.8 Å². The van der Waals surface area contributed by atoms with E-state index in [1.807, 2.05) is 18.0 Å². The molecule has 0 aromatic carbocycles. The Labute approximate surface area is 112 Å². The number of nitrogens with zero attached hydrogens (tertiary/aromatic N) is 3. The highest BCUT2D eigenvalue weighted by molar-refractivity contribution is 8.00. The quantitative estimate of drug-likeness (QED) is 0.774. The molecule has 0 aliphatic carbocycles. The van der Waals surface area contributed by atoms with Crippen molar-refractivity contribution < 1.29 is 0 Å². The van der Waals surface area contributed by atoms with Gasteiger partial charge in [0.05, 0.1) is 17.8 Å². The van der Waals surface area contributed by atoms with Crippen LogP contribution in [0, 0.1) is 0 Å². The van der Waals surface area contributed by atoms with Crippen molar-refractivity contribution in [2.75, 3.05) is 23.7 Å². The molecule has 3 nitrogen and oxygen atoms in total. The second-order valence-corrected chi connectivity index (χ2v) is 6.92. The van der Waals surface area contributed by atoms with Crippen molar-refractivity contribution in [1.82, 2.24) is 9.97 Å². The summed E-state index contributed by atoms with van der Waals surface area (Å²) in [5, 5.41) is 0. The van der Waals surface area contributed by atoms with E-state index in [0.717, 1.165) is 30.4 Å². The van der Waals surface area contributed by atoms with E-state index in [-0.39, 0.29) is 0 Å². The minimum atomic E-state index is 0.367. The van der Waals surface area contributed by atoms with Crippen LogP contribution in [-0.4, -0.2) is 33.6 Å². The summed E-state index contributed by atoms with van der Waals surface area (Å²) in [7, 11) is 0. The van der Waals surface area contributed by atoms with Gasteiger partial charge in [-0.25, -0.2) is 4.98 Å². The molecule has 1 fully saturated rings. The summed E-state index contributed by atoms with van der Waals surface area (Å²) < 4.78 is 0.367. The van der Waals surface area contributed by atoms with Crippen molar-refractivity contribution in [3.05, 3.63) is 18.1 Å². The van der Waals surface area contributed by atoms with Crippen LogP contribution < -0.4 is 4.90 Å². The van der Waals surface area contributed by atoms with Gasteiger partial charge in [-0.15, -0.1) is 11.6 Å². The molecule has 0 N–H and O–H groups in total. The first-order valence-electron chi connectivity index (χ1n) is 5.86. The van der Waals surface area contributed by atoms with Gasteiger partial charge in [-0.05, 0) is 6.42 Å². The van der Waals surface area contributed by atoms with Crippen LogP contribution in [-0.2, 0) is 5.88 Å². The molecule has 0 radical (unpaired) electrons. The predicted octanol–water partition coefficient (Wildman–Crippen LogP) is 2.94. The van der Waals surface area contributed by atoms with E-state index < -0.39 is 0 Å². The molecule has 1 aliphatic rings. The fourth-order valence-corrected chi connectivity index (χ4v) is 3.09. The number of halogens is 1. The second kappa shape index (κ2) is 5.44. The SMILES string of the molecule is CC1(C)CCN(c2cncc(CCl)n2)CCS1. The average molecular weight is 272 g/mol. The fourth-order valence-electron chi connectivity index (χ4n) is 1.86. The Morgan fingerprint density at radius 2 is 2.24 bits per heavy atom. The van der Waals surface area contributed by atoms with Crippen molar-refractivity contribution in [2.45, 2.75) is 30.9 Å². The summed E-state index contributed by atoms with van der Waals surface area (Å²) in [6.45, 7) is 6.69. The largest absolute Gasteiger partial charge is 0.354 e. The van der Waals surface area contributed by atoms with Crippen LogP contribution in [0.2, 0.25) is 0 Å². The van der Waals surface area contributed by atoms with E-state index in [4.69, 9.17) is 11.6 Å². The first-order chi connectivity index (χ1) is 8.11. The van der Waals surface area contributed by atoms with Crippen molar-refractivity contribution in [1.29, 1.82) is 0 Å². The van der Waals surface area contributed by atoms with E-state index in [9.17, 15) is 0 Å². The molecule has 0 amide bonds. The van der Waals surface area contributed by atoms with Gasteiger partial charge < -0.3 is 4.90 Å². The van der Waals surface area contributed by atoms with Gasteiger partial charge in [0.25, 0.3) is 0 Å². The zero-order chi connectivity index (χ0) is 12.3. The van der Waals surface area contributed by atoms with Crippen LogP contribution in [0.5, 0.6) is 0 Å². The topological polar surface area (TPSA) is 29.0 Å². The lowest BCUT2D eigenvalue weighted by Gasteiger charge is -2.23. The van der Waals surface area contributed by atoms with Crippen LogP contribution in [0.4, 0.5) is 5.82 Å². The Hall–Kier alpha value is -0.480. The van der Waals surface area contributed by atoms with E-state index in [1.54, 1.807) is 6.20 Å². The summed E-state index contributed by atoms with van der Waals surface area (Å²) >= 11 is 7.82. The van der Waals surface area contributed by atoms with Gasteiger partial charge in [0.2, 0.25) is 0 Å². The Kier molecular flexibility index (Phi) is 4.15. The maximum Gasteiger partial charge on any atom is 0.147 e. The second-order valence-electron chi connectivity index (χ2n) is 4.85. The number of hydrogen-bond acceptors (Lipinski definition) is 4. The molecule has 0 atom stereocenters. The molecular formula is C12H18ClN3S. The van der Waals surface area contributed by atoms with Gasteiger partial charge in [0.1, 0.15) is 5.82 Å². The monoisotopic (exact) mass is 271 g/mol. The number of thioether (sulfide) groups is 1. The molecule has 17 heavy (non-hydrogen) atoms. The molecular weight excluding hydrogens is 254 g/mol. The highest BCUT2D eigenvalue weighted by atomic mass is 35.5. The molecule has 1 saturated heterocycles. The maximum atomic E-state index is 5.79. The first-order valence-corrected chi connectivity index (χ1v) is 7.38. The zero-order valence-corrected chi connectivity index (χ0v) is 11.9. The minimum absolute atomic E-state index is 0.367. The zero-order valence-electron chi connectivity index (χ0n) is 10.3. The van der Waals surface area contributed by atoms with Crippen LogP contribution in [0.1, 0.15) is 26.0 Å². The standard InChI is InChI=1S/C12H18ClN3S/c1-12(2)3-4-16(5-6-17-12)11-9-14-8-10(7-13)15-11/h8-9H,3-7H2,1-2H3. The third kappa shape index (κ3) is 3.49.